The largest absolute Gasteiger partial charge is 0.504 e. The monoisotopic (exact) mass is 248 g/mol. The molecule has 0 N–H and O–H groups in total. The molecular formula is C12H28O3Si. The number of hydrogen-bond acceptors (Lipinski definition) is 3. The predicted octanol–water partition coefficient (Wildman–Crippen LogP) is 3.47. The highest BCUT2D eigenvalue weighted by atomic mass is 28.4. The van der Waals surface area contributed by atoms with E-state index in [0.717, 1.165) is 6.42 Å². The van der Waals surface area contributed by atoms with Gasteiger partial charge in [0.15, 0.2) is 0 Å². The molecule has 0 aromatic carbocycles. The summed E-state index contributed by atoms with van der Waals surface area (Å²) in [6, 6.07) is 0. The zero-order valence-electron chi connectivity index (χ0n) is 11.7. The van der Waals surface area contributed by atoms with Crippen LogP contribution >= 0.6 is 0 Å². The average Bonchev–Trinajstić information content (AvgIpc) is 2.28. The van der Waals surface area contributed by atoms with Crippen LogP contribution < -0.4 is 0 Å². The first kappa shape index (κ1) is 16.1. The fourth-order valence-corrected chi connectivity index (χ4v) is 5.00. The van der Waals surface area contributed by atoms with Gasteiger partial charge in [0.25, 0.3) is 0 Å². The van der Waals surface area contributed by atoms with Crippen LogP contribution in [0.15, 0.2) is 0 Å². The highest BCUT2D eigenvalue weighted by Gasteiger charge is 2.48. The molecule has 0 rings (SSSR count). The lowest BCUT2D eigenvalue weighted by atomic mass is 10.1. The van der Waals surface area contributed by atoms with Gasteiger partial charge in [-0.2, -0.15) is 0 Å². The van der Waals surface area contributed by atoms with Gasteiger partial charge >= 0.3 is 8.80 Å². The van der Waals surface area contributed by atoms with E-state index in [1.165, 1.54) is 0 Å². The Hall–Kier alpha value is 0.0969. The summed E-state index contributed by atoms with van der Waals surface area (Å²) in [5, 5.41) is 0. The maximum Gasteiger partial charge on any atom is 0.504 e. The average molecular weight is 248 g/mol. The van der Waals surface area contributed by atoms with Crippen LogP contribution in [0, 0.1) is 5.92 Å². The summed E-state index contributed by atoms with van der Waals surface area (Å²) < 4.78 is 17.7. The SMILES string of the molecule is CCO[Si](OCC)(OCC)C(C)C(C)CC. The molecule has 0 aromatic rings. The van der Waals surface area contributed by atoms with Gasteiger partial charge in [0, 0.05) is 25.4 Å². The Morgan fingerprint density at radius 1 is 0.812 bits per heavy atom. The molecule has 0 fully saturated rings. The Balaban J connectivity index is 4.82. The van der Waals surface area contributed by atoms with E-state index in [2.05, 4.69) is 20.8 Å². The quantitative estimate of drug-likeness (QED) is 0.585. The lowest BCUT2D eigenvalue weighted by molar-refractivity contribution is 0.0563. The molecular weight excluding hydrogens is 220 g/mol. The molecule has 2 unspecified atom stereocenters. The molecule has 98 valence electrons. The van der Waals surface area contributed by atoms with Gasteiger partial charge in [0.05, 0.1) is 0 Å². The Morgan fingerprint density at radius 2 is 1.19 bits per heavy atom. The van der Waals surface area contributed by atoms with Crippen LogP contribution in [0.3, 0.4) is 0 Å². The summed E-state index contributed by atoms with van der Waals surface area (Å²) in [5.41, 5.74) is 0.359. The van der Waals surface area contributed by atoms with Gasteiger partial charge in [0.2, 0.25) is 0 Å². The van der Waals surface area contributed by atoms with Gasteiger partial charge in [0.1, 0.15) is 0 Å². The Labute approximate surface area is 102 Å². The van der Waals surface area contributed by atoms with Crippen LogP contribution in [0.25, 0.3) is 0 Å². The molecule has 0 aromatic heterocycles. The van der Waals surface area contributed by atoms with E-state index in [0.29, 0.717) is 31.3 Å². The first-order valence-corrected chi connectivity index (χ1v) is 8.29. The molecule has 0 spiro atoms. The highest BCUT2D eigenvalue weighted by molar-refractivity contribution is 6.62. The Morgan fingerprint density at radius 3 is 1.44 bits per heavy atom. The second-order valence-corrected chi connectivity index (χ2v) is 7.06. The van der Waals surface area contributed by atoms with Crippen molar-refractivity contribution < 1.29 is 13.3 Å². The zero-order chi connectivity index (χ0) is 12.6. The van der Waals surface area contributed by atoms with Crippen LogP contribution in [-0.2, 0) is 13.3 Å². The second kappa shape index (κ2) is 8.23. The number of rotatable bonds is 9. The molecule has 0 radical (unpaired) electrons. The molecule has 0 aliphatic heterocycles. The Kier molecular flexibility index (Phi) is 8.28. The summed E-state index contributed by atoms with van der Waals surface area (Å²) in [5.74, 6) is 0.566. The van der Waals surface area contributed by atoms with Gasteiger partial charge in [-0.1, -0.05) is 27.2 Å². The van der Waals surface area contributed by atoms with Crippen molar-refractivity contribution in [2.45, 2.75) is 53.5 Å². The highest BCUT2D eigenvalue weighted by Crippen LogP contribution is 2.33. The molecule has 16 heavy (non-hydrogen) atoms. The van der Waals surface area contributed by atoms with Crippen LogP contribution in [-0.4, -0.2) is 28.6 Å². The van der Waals surface area contributed by atoms with Gasteiger partial charge in [-0.25, -0.2) is 0 Å². The molecule has 2 atom stereocenters. The normalized spacial score (nSPS) is 16.1. The van der Waals surface area contributed by atoms with E-state index < -0.39 is 8.80 Å². The van der Waals surface area contributed by atoms with Gasteiger partial charge in [-0.05, 0) is 26.7 Å². The van der Waals surface area contributed by atoms with Crippen molar-refractivity contribution in [3.8, 4) is 0 Å². The molecule has 0 heterocycles. The predicted molar refractivity (Wildman–Crippen MR) is 69.5 cm³/mol. The minimum absolute atomic E-state index is 0.359. The number of hydrogen-bond donors (Lipinski definition) is 0. The van der Waals surface area contributed by atoms with Crippen LogP contribution in [0.2, 0.25) is 5.54 Å². The third-order valence-electron chi connectivity index (χ3n) is 3.09. The lowest BCUT2D eigenvalue weighted by Gasteiger charge is -2.36. The molecule has 0 aliphatic rings. The molecule has 0 saturated heterocycles. The van der Waals surface area contributed by atoms with E-state index in [9.17, 15) is 0 Å². The van der Waals surface area contributed by atoms with E-state index in [1.807, 2.05) is 20.8 Å². The van der Waals surface area contributed by atoms with E-state index in [-0.39, 0.29) is 0 Å². The van der Waals surface area contributed by atoms with Gasteiger partial charge in [-0.3, -0.25) is 0 Å². The fraction of sp³-hybridized carbons (Fsp3) is 1.00. The minimum Gasteiger partial charge on any atom is -0.374 e. The molecule has 0 aliphatic carbocycles. The summed E-state index contributed by atoms with van der Waals surface area (Å²) in [7, 11) is -2.48. The molecule has 0 saturated carbocycles. The Bertz CT molecular complexity index is 159. The first-order valence-electron chi connectivity index (χ1n) is 6.49. The molecule has 0 amide bonds. The molecule has 0 bridgehead atoms. The smallest absolute Gasteiger partial charge is 0.374 e. The van der Waals surface area contributed by atoms with E-state index in [4.69, 9.17) is 13.3 Å². The fourth-order valence-electron chi connectivity index (χ4n) is 1.82. The van der Waals surface area contributed by atoms with E-state index in [1.54, 1.807) is 0 Å². The van der Waals surface area contributed by atoms with Crippen molar-refractivity contribution in [2.75, 3.05) is 19.8 Å². The minimum atomic E-state index is -2.48. The van der Waals surface area contributed by atoms with Crippen molar-refractivity contribution in [3.63, 3.8) is 0 Å². The van der Waals surface area contributed by atoms with Crippen molar-refractivity contribution >= 4 is 8.80 Å². The van der Waals surface area contributed by atoms with E-state index >= 15 is 0 Å². The topological polar surface area (TPSA) is 27.7 Å². The first-order chi connectivity index (χ1) is 7.57. The van der Waals surface area contributed by atoms with Crippen LogP contribution in [0.4, 0.5) is 0 Å². The van der Waals surface area contributed by atoms with Crippen molar-refractivity contribution in [1.82, 2.24) is 0 Å². The van der Waals surface area contributed by atoms with Gasteiger partial charge in [-0.15, -0.1) is 0 Å². The maximum atomic E-state index is 5.89. The van der Waals surface area contributed by atoms with Crippen molar-refractivity contribution in [2.24, 2.45) is 5.92 Å². The second-order valence-electron chi connectivity index (χ2n) is 4.08. The summed E-state index contributed by atoms with van der Waals surface area (Å²) in [6.07, 6.45) is 1.13. The summed E-state index contributed by atoms with van der Waals surface area (Å²) in [4.78, 5) is 0. The van der Waals surface area contributed by atoms with Crippen molar-refractivity contribution in [3.05, 3.63) is 0 Å². The zero-order valence-corrected chi connectivity index (χ0v) is 12.7. The van der Waals surface area contributed by atoms with Crippen LogP contribution in [0.1, 0.15) is 48.0 Å². The van der Waals surface area contributed by atoms with Crippen molar-refractivity contribution in [1.29, 1.82) is 0 Å². The summed E-state index contributed by atoms with van der Waals surface area (Å²) >= 11 is 0. The lowest BCUT2D eigenvalue weighted by Crippen LogP contribution is -2.51. The molecule has 3 nitrogen and oxygen atoms in total. The van der Waals surface area contributed by atoms with Gasteiger partial charge < -0.3 is 13.3 Å². The summed E-state index contributed by atoms with van der Waals surface area (Å²) in [6.45, 7) is 14.6. The third-order valence-corrected chi connectivity index (χ3v) is 6.85. The molecule has 4 heteroatoms. The van der Waals surface area contributed by atoms with Crippen LogP contribution in [0.5, 0.6) is 0 Å². The standard InChI is InChI=1S/C12H28O3Si/c1-7-11(5)12(6)16(13-8-2,14-9-3)15-10-4/h11-12H,7-10H2,1-6H3. The third kappa shape index (κ3) is 4.16. The maximum absolute atomic E-state index is 5.89.